The molecule has 0 aliphatic heterocycles. The third-order valence-electron chi connectivity index (χ3n) is 4.01. The molecule has 0 aliphatic carbocycles. The van der Waals surface area contributed by atoms with Crippen LogP contribution in [0.2, 0.25) is 0 Å². The van der Waals surface area contributed by atoms with Crippen LogP contribution in [0.3, 0.4) is 0 Å². The van der Waals surface area contributed by atoms with E-state index in [0.717, 1.165) is 36.4 Å². The quantitative estimate of drug-likeness (QED) is 0.777. The summed E-state index contributed by atoms with van der Waals surface area (Å²) in [6, 6.07) is 5.05. The van der Waals surface area contributed by atoms with E-state index >= 15 is 0 Å². The Kier molecular flexibility index (Phi) is 6.27. The molecule has 0 aliphatic rings. The number of amides is 1. The molecule has 146 valence electrons. The van der Waals surface area contributed by atoms with E-state index in [2.05, 4.69) is 10.0 Å². The van der Waals surface area contributed by atoms with Gasteiger partial charge < -0.3 is 5.32 Å². The highest BCUT2D eigenvalue weighted by molar-refractivity contribution is 7.89. The van der Waals surface area contributed by atoms with Crippen molar-refractivity contribution in [2.75, 3.05) is 5.32 Å². The van der Waals surface area contributed by atoms with Gasteiger partial charge in [0.05, 0.1) is 10.5 Å². The van der Waals surface area contributed by atoms with Crippen LogP contribution in [-0.4, -0.2) is 20.4 Å². The zero-order valence-corrected chi connectivity index (χ0v) is 15.7. The molecule has 2 aromatic rings. The third kappa shape index (κ3) is 5.08. The lowest BCUT2D eigenvalue weighted by molar-refractivity contribution is 0.102. The molecule has 0 saturated carbocycles. The van der Waals surface area contributed by atoms with Crippen LogP contribution in [0.5, 0.6) is 0 Å². The largest absolute Gasteiger partial charge is 0.322 e. The van der Waals surface area contributed by atoms with E-state index in [1.807, 2.05) is 13.8 Å². The zero-order chi connectivity index (χ0) is 20.4. The molecule has 0 aromatic heterocycles. The monoisotopic (exact) mass is 400 g/mol. The van der Waals surface area contributed by atoms with Gasteiger partial charge in [-0.1, -0.05) is 13.8 Å². The molecule has 9 heteroatoms. The summed E-state index contributed by atoms with van der Waals surface area (Å²) in [5, 5.41) is 2.20. The van der Waals surface area contributed by atoms with Crippen molar-refractivity contribution in [3.05, 3.63) is 59.4 Å². The average molecular weight is 400 g/mol. The van der Waals surface area contributed by atoms with Crippen LogP contribution >= 0.6 is 0 Å². The van der Waals surface area contributed by atoms with Crippen LogP contribution in [-0.2, 0) is 10.0 Å². The maximum atomic E-state index is 14.0. The summed E-state index contributed by atoms with van der Waals surface area (Å²) in [5.41, 5.74) is -0.641. The Bertz CT molecular complexity index is 962. The fraction of sp³-hybridized carbons (Fsp3) is 0.278. The molecule has 0 unspecified atom stereocenters. The van der Waals surface area contributed by atoms with Gasteiger partial charge in [0.25, 0.3) is 5.91 Å². The summed E-state index contributed by atoms with van der Waals surface area (Å²) in [6.45, 7) is 5.35. The van der Waals surface area contributed by atoms with E-state index in [-0.39, 0.29) is 22.5 Å². The third-order valence-corrected chi connectivity index (χ3v) is 5.57. The molecule has 0 spiro atoms. The highest BCUT2D eigenvalue weighted by Crippen LogP contribution is 2.19. The molecule has 0 radical (unpaired) electrons. The number of sulfonamides is 1. The van der Waals surface area contributed by atoms with Gasteiger partial charge in [-0.3, -0.25) is 4.79 Å². The number of hydrogen-bond donors (Lipinski definition) is 2. The number of carbonyl (C=O) groups excluding carboxylic acids is 1. The van der Waals surface area contributed by atoms with Crippen LogP contribution in [0.25, 0.3) is 0 Å². The normalized spacial score (nSPS) is 12.9. The van der Waals surface area contributed by atoms with Crippen molar-refractivity contribution in [1.29, 1.82) is 0 Å². The lowest BCUT2D eigenvalue weighted by atomic mass is 10.1. The summed E-state index contributed by atoms with van der Waals surface area (Å²) in [7, 11) is -3.97. The molecule has 0 bridgehead atoms. The van der Waals surface area contributed by atoms with Crippen molar-refractivity contribution in [1.82, 2.24) is 4.72 Å². The van der Waals surface area contributed by atoms with Crippen molar-refractivity contribution < 1.29 is 26.4 Å². The average Bonchev–Trinajstić information content (AvgIpc) is 2.57. The molecule has 2 N–H and O–H groups in total. The van der Waals surface area contributed by atoms with Crippen LogP contribution < -0.4 is 10.0 Å². The number of nitrogens with one attached hydrogen (secondary N) is 2. The first-order valence-corrected chi connectivity index (χ1v) is 9.58. The molecule has 1 amide bonds. The summed E-state index contributed by atoms with van der Waals surface area (Å²) < 4.78 is 67.5. The van der Waals surface area contributed by atoms with Crippen LogP contribution in [0.4, 0.5) is 18.9 Å². The van der Waals surface area contributed by atoms with E-state index in [0.29, 0.717) is 0 Å². The predicted molar refractivity (Wildman–Crippen MR) is 95.3 cm³/mol. The van der Waals surface area contributed by atoms with Crippen molar-refractivity contribution in [2.24, 2.45) is 5.92 Å². The maximum Gasteiger partial charge on any atom is 0.258 e. The topological polar surface area (TPSA) is 75.3 Å². The second-order valence-electron chi connectivity index (χ2n) is 6.38. The number of benzene rings is 2. The van der Waals surface area contributed by atoms with E-state index in [9.17, 15) is 26.4 Å². The van der Waals surface area contributed by atoms with Crippen molar-refractivity contribution in [2.45, 2.75) is 31.7 Å². The second-order valence-corrected chi connectivity index (χ2v) is 8.09. The van der Waals surface area contributed by atoms with E-state index in [4.69, 9.17) is 0 Å². The minimum atomic E-state index is -3.97. The SMILES string of the molecule is CC(C)[C@@H](C)NS(=O)(=O)c1ccc(F)c(C(=O)Nc2ccc(F)c(F)c2)c1. The summed E-state index contributed by atoms with van der Waals surface area (Å²) in [5.74, 6) is -4.20. The van der Waals surface area contributed by atoms with E-state index in [1.165, 1.54) is 0 Å². The molecule has 5 nitrogen and oxygen atoms in total. The molecular weight excluding hydrogens is 381 g/mol. The van der Waals surface area contributed by atoms with Crippen molar-refractivity contribution >= 4 is 21.6 Å². The number of rotatable bonds is 6. The molecule has 0 heterocycles. The van der Waals surface area contributed by atoms with Crippen LogP contribution in [0.15, 0.2) is 41.3 Å². The van der Waals surface area contributed by atoms with Crippen molar-refractivity contribution in [3.8, 4) is 0 Å². The van der Waals surface area contributed by atoms with E-state index in [1.54, 1.807) is 6.92 Å². The lowest BCUT2D eigenvalue weighted by Gasteiger charge is -2.18. The molecule has 0 saturated heterocycles. The minimum Gasteiger partial charge on any atom is -0.322 e. The second kappa shape index (κ2) is 8.10. The first-order chi connectivity index (χ1) is 12.5. The van der Waals surface area contributed by atoms with Gasteiger partial charge in [0.1, 0.15) is 5.82 Å². The minimum absolute atomic E-state index is 0.0244. The van der Waals surface area contributed by atoms with Gasteiger partial charge in [0.2, 0.25) is 10.0 Å². The molecule has 1 atom stereocenters. The zero-order valence-electron chi connectivity index (χ0n) is 14.9. The lowest BCUT2D eigenvalue weighted by Crippen LogP contribution is -2.36. The summed E-state index contributed by atoms with van der Waals surface area (Å²) in [6.07, 6.45) is 0. The first kappa shape index (κ1) is 20.9. The fourth-order valence-corrected chi connectivity index (χ4v) is 3.48. The predicted octanol–water partition coefficient (Wildman–Crippen LogP) is 3.68. The Morgan fingerprint density at radius 3 is 2.15 bits per heavy atom. The smallest absolute Gasteiger partial charge is 0.258 e. The van der Waals surface area contributed by atoms with Crippen LogP contribution in [0, 0.1) is 23.4 Å². The van der Waals surface area contributed by atoms with Crippen LogP contribution in [0.1, 0.15) is 31.1 Å². The highest BCUT2D eigenvalue weighted by atomic mass is 32.2. The van der Waals surface area contributed by atoms with Gasteiger partial charge in [-0.25, -0.2) is 26.3 Å². The van der Waals surface area contributed by atoms with E-state index < -0.39 is 38.9 Å². The summed E-state index contributed by atoms with van der Waals surface area (Å²) in [4.78, 5) is 12.0. The van der Waals surface area contributed by atoms with Crippen molar-refractivity contribution in [3.63, 3.8) is 0 Å². The van der Waals surface area contributed by atoms with Gasteiger partial charge in [-0.05, 0) is 43.2 Å². The Balaban J connectivity index is 2.31. The molecule has 2 rings (SSSR count). The Labute approximate surface area is 155 Å². The fourth-order valence-electron chi connectivity index (χ4n) is 2.07. The van der Waals surface area contributed by atoms with Gasteiger partial charge in [0.15, 0.2) is 11.6 Å². The Morgan fingerprint density at radius 2 is 1.56 bits per heavy atom. The molecule has 27 heavy (non-hydrogen) atoms. The number of anilines is 1. The maximum absolute atomic E-state index is 14.0. The standard InChI is InChI=1S/C18H19F3N2O3S/c1-10(2)11(3)23-27(25,26)13-5-7-15(19)14(9-13)18(24)22-12-4-6-16(20)17(21)8-12/h4-11,23H,1-3H3,(H,22,24)/t11-/m1/s1. The van der Waals surface area contributed by atoms with Gasteiger partial charge in [0, 0.05) is 17.8 Å². The first-order valence-electron chi connectivity index (χ1n) is 8.09. The van der Waals surface area contributed by atoms with Gasteiger partial charge in [-0.15, -0.1) is 0 Å². The Hall–Kier alpha value is -2.39. The summed E-state index contributed by atoms with van der Waals surface area (Å²) >= 11 is 0. The molecular formula is C18H19F3N2O3S. The number of hydrogen-bond acceptors (Lipinski definition) is 3. The van der Waals surface area contributed by atoms with Gasteiger partial charge >= 0.3 is 0 Å². The Morgan fingerprint density at radius 1 is 0.926 bits per heavy atom. The van der Waals surface area contributed by atoms with Gasteiger partial charge in [-0.2, -0.15) is 0 Å². The molecule has 0 fully saturated rings. The highest BCUT2D eigenvalue weighted by Gasteiger charge is 2.22. The number of carbonyl (C=O) groups is 1. The number of halogens is 3. The molecule has 2 aromatic carbocycles.